The summed E-state index contributed by atoms with van der Waals surface area (Å²) in [5.41, 5.74) is 7.88. The predicted molar refractivity (Wildman–Crippen MR) is 90.4 cm³/mol. The van der Waals surface area contributed by atoms with Crippen LogP contribution < -0.4 is 16.0 Å². The van der Waals surface area contributed by atoms with Crippen LogP contribution in [0.15, 0.2) is 40.9 Å². The Morgan fingerprint density at radius 2 is 1.95 bits per heavy atom. The quantitative estimate of drug-likeness (QED) is 0.637. The maximum absolute atomic E-state index is 5.77. The van der Waals surface area contributed by atoms with Crippen molar-refractivity contribution in [3.8, 4) is 5.75 Å². The molecule has 0 amide bonds. The van der Waals surface area contributed by atoms with E-state index in [-0.39, 0.29) is 6.04 Å². The molecule has 112 valence electrons. The van der Waals surface area contributed by atoms with Crippen LogP contribution in [0.25, 0.3) is 0 Å². The highest BCUT2D eigenvalue weighted by molar-refractivity contribution is 9.10. The van der Waals surface area contributed by atoms with Crippen molar-refractivity contribution in [1.29, 1.82) is 0 Å². The van der Waals surface area contributed by atoms with Gasteiger partial charge in [0.05, 0.1) is 17.6 Å². The number of hydrogen-bond acceptors (Lipinski definition) is 3. The largest absolute Gasteiger partial charge is 0.496 e. The summed E-state index contributed by atoms with van der Waals surface area (Å²) >= 11 is 3.52. The third-order valence-electron chi connectivity index (χ3n) is 3.66. The molecule has 2 aromatic rings. The van der Waals surface area contributed by atoms with Gasteiger partial charge in [-0.05, 0) is 65.0 Å². The van der Waals surface area contributed by atoms with Gasteiger partial charge < -0.3 is 4.74 Å². The van der Waals surface area contributed by atoms with E-state index in [1.165, 1.54) is 22.3 Å². The maximum Gasteiger partial charge on any atom is 0.133 e. The van der Waals surface area contributed by atoms with E-state index >= 15 is 0 Å². The van der Waals surface area contributed by atoms with Gasteiger partial charge >= 0.3 is 0 Å². The van der Waals surface area contributed by atoms with Crippen molar-refractivity contribution in [2.45, 2.75) is 26.3 Å². The van der Waals surface area contributed by atoms with Crippen LogP contribution in [0.5, 0.6) is 5.75 Å². The second kappa shape index (κ2) is 7.07. The van der Waals surface area contributed by atoms with E-state index in [0.29, 0.717) is 0 Å². The second-order valence-electron chi connectivity index (χ2n) is 5.25. The molecule has 21 heavy (non-hydrogen) atoms. The lowest BCUT2D eigenvalue weighted by Gasteiger charge is -2.19. The summed E-state index contributed by atoms with van der Waals surface area (Å²) in [4.78, 5) is 0. The Morgan fingerprint density at radius 3 is 2.52 bits per heavy atom. The first-order valence-corrected chi connectivity index (χ1v) is 7.70. The molecule has 2 aromatic carbocycles. The zero-order valence-corrected chi connectivity index (χ0v) is 14.2. The zero-order chi connectivity index (χ0) is 15.4. The minimum absolute atomic E-state index is 0.0888. The lowest BCUT2D eigenvalue weighted by atomic mass is 9.94. The molecule has 3 nitrogen and oxygen atoms in total. The molecular formula is C17H21BrN2O. The van der Waals surface area contributed by atoms with Gasteiger partial charge in [0, 0.05) is 0 Å². The molecule has 3 N–H and O–H groups in total. The van der Waals surface area contributed by atoms with Crippen molar-refractivity contribution in [3.05, 3.63) is 63.1 Å². The van der Waals surface area contributed by atoms with Crippen molar-refractivity contribution >= 4 is 15.9 Å². The number of halogens is 1. The average Bonchev–Trinajstić information content (AvgIpc) is 2.45. The van der Waals surface area contributed by atoms with Crippen LogP contribution in [0.3, 0.4) is 0 Å². The first-order chi connectivity index (χ1) is 10.0. The molecule has 0 aliphatic heterocycles. The summed E-state index contributed by atoms with van der Waals surface area (Å²) in [6.07, 6.45) is 0.822. The molecule has 0 aromatic heterocycles. The fraction of sp³-hybridized carbons (Fsp3) is 0.294. The average molecular weight is 349 g/mol. The Labute approximate surface area is 134 Å². The topological polar surface area (TPSA) is 47.3 Å². The third-order valence-corrected chi connectivity index (χ3v) is 4.28. The first kappa shape index (κ1) is 16.0. The molecule has 0 bridgehead atoms. The minimum atomic E-state index is 0.0888. The summed E-state index contributed by atoms with van der Waals surface area (Å²) < 4.78 is 6.22. The van der Waals surface area contributed by atoms with Gasteiger partial charge in [0.25, 0.3) is 0 Å². The normalized spacial score (nSPS) is 12.2. The molecule has 4 heteroatoms. The van der Waals surface area contributed by atoms with Crippen LogP contribution in [-0.2, 0) is 6.42 Å². The Bertz CT molecular complexity index is 628. The lowest BCUT2D eigenvalue weighted by Crippen LogP contribution is -2.30. The van der Waals surface area contributed by atoms with Crippen LogP contribution in [0.1, 0.15) is 28.3 Å². The summed E-state index contributed by atoms with van der Waals surface area (Å²) in [7, 11) is 1.67. The van der Waals surface area contributed by atoms with Gasteiger partial charge in [-0.2, -0.15) is 0 Å². The molecule has 0 saturated heterocycles. The van der Waals surface area contributed by atoms with Crippen LogP contribution in [0.2, 0.25) is 0 Å². The Kier molecular flexibility index (Phi) is 5.39. The Balaban J connectivity index is 2.24. The molecule has 0 heterocycles. The number of nitrogens with two attached hydrogens (primary N) is 1. The minimum Gasteiger partial charge on any atom is -0.496 e. The zero-order valence-electron chi connectivity index (χ0n) is 12.6. The number of benzene rings is 2. The van der Waals surface area contributed by atoms with Gasteiger partial charge in [-0.25, -0.2) is 0 Å². The number of aryl methyl sites for hydroxylation is 2. The van der Waals surface area contributed by atoms with Crippen LogP contribution in [-0.4, -0.2) is 7.11 Å². The van der Waals surface area contributed by atoms with Crippen molar-refractivity contribution in [3.63, 3.8) is 0 Å². The highest BCUT2D eigenvalue weighted by atomic mass is 79.9. The Morgan fingerprint density at radius 1 is 1.19 bits per heavy atom. The summed E-state index contributed by atoms with van der Waals surface area (Å²) in [6.45, 7) is 4.22. The third kappa shape index (κ3) is 3.84. The van der Waals surface area contributed by atoms with E-state index in [1.807, 2.05) is 6.07 Å². The second-order valence-corrected chi connectivity index (χ2v) is 6.11. The number of ether oxygens (including phenoxy) is 1. The van der Waals surface area contributed by atoms with Crippen molar-refractivity contribution < 1.29 is 4.74 Å². The van der Waals surface area contributed by atoms with E-state index in [0.717, 1.165) is 16.6 Å². The number of hydrazine groups is 1. The molecular weight excluding hydrogens is 328 g/mol. The fourth-order valence-electron chi connectivity index (χ4n) is 2.55. The van der Waals surface area contributed by atoms with Crippen LogP contribution in [0.4, 0.5) is 0 Å². The molecule has 0 spiro atoms. The molecule has 0 radical (unpaired) electrons. The first-order valence-electron chi connectivity index (χ1n) is 6.91. The highest BCUT2D eigenvalue weighted by Gasteiger charge is 2.14. The molecule has 2 rings (SSSR count). The molecule has 0 aliphatic carbocycles. The maximum atomic E-state index is 5.77. The standard InChI is InChI=1S/C17H21BrN2O/c1-11-4-6-14(12(2)8-11)16(20-19)10-13-5-7-17(21-3)15(18)9-13/h4-9,16,20H,10,19H2,1-3H3. The van der Waals surface area contributed by atoms with E-state index < -0.39 is 0 Å². The predicted octanol–water partition coefficient (Wildman–Crippen LogP) is 3.82. The number of methoxy groups -OCH3 is 1. The van der Waals surface area contributed by atoms with Crippen molar-refractivity contribution in [1.82, 2.24) is 5.43 Å². The summed E-state index contributed by atoms with van der Waals surface area (Å²) in [5, 5.41) is 0. The van der Waals surface area contributed by atoms with Gasteiger partial charge in [0.2, 0.25) is 0 Å². The van der Waals surface area contributed by atoms with Crippen molar-refractivity contribution in [2.24, 2.45) is 5.84 Å². The SMILES string of the molecule is COc1ccc(CC(NN)c2ccc(C)cc2C)cc1Br. The van der Waals surface area contributed by atoms with Gasteiger partial charge in [-0.3, -0.25) is 11.3 Å². The molecule has 1 unspecified atom stereocenters. The van der Waals surface area contributed by atoms with E-state index in [2.05, 4.69) is 65.5 Å². The van der Waals surface area contributed by atoms with Gasteiger partial charge in [0.15, 0.2) is 0 Å². The number of rotatable bonds is 5. The molecule has 0 fully saturated rings. The van der Waals surface area contributed by atoms with Crippen LogP contribution in [0, 0.1) is 13.8 Å². The highest BCUT2D eigenvalue weighted by Crippen LogP contribution is 2.28. The van der Waals surface area contributed by atoms with Crippen molar-refractivity contribution in [2.75, 3.05) is 7.11 Å². The smallest absolute Gasteiger partial charge is 0.133 e. The number of hydrogen-bond donors (Lipinski definition) is 2. The number of nitrogens with one attached hydrogen (secondary N) is 1. The summed E-state index contributed by atoms with van der Waals surface area (Å²) in [6, 6.07) is 12.7. The van der Waals surface area contributed by atoms with Crippen LogP contribution >= 0.6 is 15.9 Å². The molecule has 0 saturated carbocycles. The van der Waals surface area contributed by atoms with Gasteiger partial charge in [-0.15, -0.1) is 0 Å². The van der Waals surface area contributed by atoms with E-state index in [9.17, 15) is 0 Å². The van der Waals surface area contributed by atoms with E-state index in [1.54, 1.807) is 7.11 Å². The fourth-order valence-corrected chi connectivity index (χ4v) is 3.14. The van der Waals surface area contributed by atoms with Gasteiger partial charge in [-0.1, -0.05) is 29.8 Å². The summed E-state index contributed by atoms with van der Waals surface area (Å²) in [5.74, 6) is 6.60. The molecule has 1 atom stereocenters. The lowest BCUT2D eigenvalue weighted by molar-refractivity contribution is 0.412. The van der Waals surface area contributed by atoms with Gasteiger partial charge in [0.1, 0.15) is 5.75 Å². The molecule has 0 aliphatic rings. The Hall–Kier alpha value is -1.36. The van der Waals surface area contributed by atoms with E-state index in [4.69, 9.17) is 10.6 Å². The monoisotopic (exact) mass is 348 g/mol.